The number of pyridine rings is 1. The van der Waals surface area contributed by atoms with E-state index >= 15 is 0 Å². The predicted molar refractivity (Wildman–Crippen MR) is 68.0 cm³/mol. The lowest BCUT2D eigenvalue weighted by atomic mass is 10.1. The van der Waals surface area contributed by atoms with Crippen LogP contribution in [0.3, 0.4) is 0 Å². The fourth-order valence-electron chi connectivity index (χ4n) is 1.58. The number of aromatic nitrogens is 1. The average molecular weight is 317 g/mol. The van der Waals surface area contributed by atoms with Crippen molar-refractivity contribution in [2.45, 2.75) is 0 Å². The lowest BCUT2D eigenvalue weighted by molar-refractivity contribution is 0.453. The largest absolute Gasteiger partial charge is 0.366 e. The second-order valence-electron chi connectivity index (χ2n) is 3.53. The van der Waals surface area contributed by atoms with Crippen molar-refractivity contribution in [3.8, 4) is 0 Å². The normalized spacial score (nSPS) is 10.7. The summed E-state index contributed by atoms with van der Waals surface area (Å²) in [6.07, 6.45) is 2.90. The van der Waals surface area contributed by atoms with Crippen LogP contribution in [0.15, 0.2) is 29.4 Å². The molecule has 0 aliphatic carbocycles. The Hall–Kier alpha value is -1.56. The summed E-state index contributed by atoms with van der Waals surface area (Å²) in [5.74, 6) is -3.71. The fraction of sp³-hybridized carbons (Fsp3) is 0.0833. The van der Waals surface area contributed by atoms with Crippen molar-refractivity contribution in [2.24, 2.45) is 0 Å². The van der Waals surface area contributed by atoms with Gasteiger partial charge in [-0.25, -0.2) is 18.2 Å². The summed E-state index contributed by atoms with van der Waals surface area (Å²) in [7, 11) is 0. The smallest absolute Gasteiger partial charge is 0.195 e. The predicted octanol–water partition coefficient (Wildman–Crippen LogP) is 4.01. The standard InChI is InChI=1S/C12H8BrF3N2/c1-2-3-17-12-6-4-8(14)10(15)11(16)9(6)7(13)5-18-12/h2,4-5H,1,3H2,(H,17,18). The number of nitrogens with zero attached hydrogens (tertiary/aromatic N) is 1. The number of hydrogen-bond acceptors (Lipinski definition) is 2. The maximum Gasteiger partial charge on any atom is 0.195 e. The van der Waals surface area contributed by atoms with E-state index in [1.165, 1.54) is 6.20 Å². The highest BCUT2D eigenvalue weighted by Crippen LogP contribution is 2.32. The van der Waals surface area contributed by atoms with Crippen molar-refractivity contribution in [2.75, 3.05) is 11.9 Å². The van der Waals surface area contributed by atoms with Crippen LogP contribution < -0.4 is 5.32 Å². The minimum absolute atomic E-state index is 0.0459. The minimum atomic E-state index is -1.50. The molecule has 1 heterocycles. The van der Waals surface area contributed by atoms with E-state index in [1.807, 2.05) is 0 Å². The van der Waals surface area contributed by atoms with Crippen molar-refractivity contribution in [1.82, 2.24) is 4.98 Å². The van der Waals surface area contributed by atoms with E-state index in [0.717, 1.165) is 6.07 Å². The molecule has 94 valence electrons. The topological polar surface area (TPSA) is 24.9 Å². The van der Waals surface area contributed by atoms with Crippen LogP contribution in [0.5, 0.6) is 0 Å². The monoisotopic (exact) mass is 316 g/mol. The van der Waals surface area contributed by atoms with Crippen LogP contribution in [0.25, 0.3) is 10.8 Å². The first-order valence-electron chi connectivity index (χ1n) is 5.02. The van der Waals surface area contributed by atoms with Crippen molar-refractivity contribution in [3.05, 3.63) is 46.8 Å². The second-order valence-corrected chi connectivity index (χ2v) is 4.39. The van der Waals surface area contributed by atoms with E-state index in [2.05, 4.69) is 32.8 Å². The van der Waals surface area contributed by atoms with E-state index in [0.29, 0.717) is 6.54 Å². The van der Waals surface area contributed by atoms with Crippen LogP contribution in [0.1, 0.15) is 0 Å². The van der Waals surface area contributed by atoms with Gasteiger partial charge in [0.15, 0.2) is 17.5 Å². The van der Waals surface area contributed by atoms with Gasteiger partial charge in [0.25, 0.3) is 0 Å². The highest BCUT2D eigenvalue weighted by atomic mass is 79.9. The Morgan fingerprint density at radius 3 is 2.72 bits per heavy atom. The van der Waals surface area contributed by atoms with Crippen molar-refractivity contribution in [1.29, 1.82) is 0 Å². The summed E-state index contributed by atoms with van der Waals surface area (Å²) < 4.78 is 40.4. The zero-order valence-electron chi connectivity index (χ0n) is 9.11. The molecule has 0 amide bonds. The number of benzene rings is 1. The van der Waals surface area contributed by atoms with E-state index in [9.17, 15) is 13.2 Å². The molecule has 0 fully saturated rings. The molecule has 1 N–H and O–H groups in total. The number of hydrogen-bond donors (Lipinski definition) is 1. The van der Waals surface area contributed by atoms with E-state index < -0.39 is 17.5 Å². The van der Waals surface area contributed by atoms with Gasteiger partial charge in [-0.15, -0.1) is 6.58 Å². The third-order valence-electron chi connectivity index (χ3n) is 2.38. The second kappa shape index (κ2) is 4.97. The lowest BCUT2D eigenvalue weighted by Crippen LogP contribution is -2.03. The maximum atomic E-state index is 13.7. The molecule has 0 saturated carbocycles. The van der Waals surface area contributed by atoms with Crippen LogP contribution >= 0.6 is 15.9 Å². The Kier molecular flexibility index (Phi) is 3.56. The van der Waals surface area contributed by atoms with Crippen molar-refractivity contribution < 1.29 is 13.2 Å². The first-order valence-corrected chi connectivity index (χ1v) is 5.82. The number of halogens is 4. The molecule has 0 spiro atoms. The molecule has 18 heavy (non-hydrogen) atoms. The van der Waals surface area contributed by atoms with Gasteiger partial charge in [-0.3, -0.25) is 0 Å². The SMILES string of the molecule is C=CCNc1ncc(Br)c2c(F)c(F)c(F)cc12. The molecule has 0 aliphatic heterocycles. The number of nitrogens with one attached hydrogen (secondary N) is 1. The molecule has 0 saturated heterocycles. The molecule has 2 aromatic rings. The van der Waals surface area contributed by atoms with Gasteiger partial charge in [-0.2, -0.15) is 0 Å². The van der Waals surface area contributed by atoms with Crippen LogP contribution in [-0.4, -0.2) is 11.5 Å². The quantitative estimate of drug-likeness (QED) is 0.683. The third-order valence-corrected chi connectivity index (χ3v) is 2.98. The molecule has 0 aliphatic rings. The number of anilines is 1. The highest BCUT2D eigenvalue weighted by molar-refractivity contribution is 9.10. The van der Waals surface area contributed by atoms with Gasteiger partial charge in [0.2, 0.25) is 0 Å². The minimum Gasteiger partial charge on any atom is -0.366 e. The molecule has 2 nitrogen and oxygen atoms in total. The molecule has 1 aromatic heterocycles. The van der Waals surface area contributed by atoms with Crippen molar-refractivity contribution in [3.63, 3.8) is 0 Å². The summed E-state index contributed by atoms with van der Waals surface area (Å²) in [6, 6.07) is 0.914. The van der Waals surface area contributed by atoms with Gasteiger partial charge < -0.3 is 5.32 Å². The molecular weight excluding hydrogens is 309 g/mol. The van der Waals surface area contributed by atoms with Gasteiger partial charge in [-0.05, 0) is 22.0 Å². The third kappa shape index (κ3) is 2.08. The van der Waals surface area contributed by atoms with Gasteiger partial charge in [0.05, 0.1) is 0 Å². The molecule has 0 bridgehead atoms. The maximum absolute atomic E-state index is 13.7. The fourth-order valence-corrected chi connectivity index (χ4v) is 2.07. The summed E-state index contributed by atoms with van der Waals surface area (Å²) in [6.45, 7) is 3.89. The molecule has 0 atom stereocenters. The Labute approximate surface area is 110 Å². The lowest BCUT2D eigenvalue weighted by Gasteiger charge is -2.10. The summed E-state index contributed by atoms with van der Waals surface area (Å²) in [4.78, 5) is 3.99. The summed E-state index contributed by atoms with van der Waals surface area (Å²) in [5.41, 5.74) is 0. The first kappa shape index (κ1) is 12.9. The van der Waals surface area contributed by atoms with Crippen LogP contribution in [0.4, 0.5) is 19.0 Å². The highest BCUT2D eigenvalue weighted by Gasteiger charge is 2.18. The van der Waals surface area contributed by atoms with E-state index in [1.54, 1.807) is 6.08 Å². The van der Waals surface area contributed by atoms with Crippen LogP contribution in [0, 0.1) is 17.5 Å². The number of fused-ring (bicyclic) bond motifs is 1. The Bertz CT molecular complexity index is 628. The molecule has 0 unspecified atom stereocenters. The zero-order valence-corrected chi connectivity index (χ0v) is 10.7. The molecule has 0 radical (unpaired) electrons. The Morgan fingerprint density at radius 1 is 1.33 bits per heavy atom. The van der Waals surface area contributed by atoms with E-state index in [4.69, 9.17) is 0 Å². The van der Waals surface area contributed by atoms with Gasteiger partial charge in [0.1, 0.15) is 5.82 Å². The number of rotatable bonds is 3. The van der Waals surface area contributed by atoms with Gasteiger partial charge >= 0.3 is 0 Å². The van der Waals surface area contributed by atoms with E-state index in [-0.39, 0.29) is 21.1 Å². The van der Waals surface area contributed by atoms with Gasteiger partial charge in [-0.1, -0.05) is 6.08 Å². The van der Waals surface area contributed by atoms with Gasteiger partial charge in [0, 0.05) is 28.0 Å². The Morgan fingerprint density at radius 2 is 2.06 bits per heavy atom. The molecule has 2 rings (SSSR count). The van der Waals surface area contributed by atoms with Crippen LogP contribution in [0.2, 0.25) is 0 Å². The Balaban J connectivity index is 2.76. The summed E-state index contributed by atoms with van der Waals surface area (Å²) >= 11 is 3.07. The average Bonchev–Trinajstić information content (AvgIpc) is 2.35. The summed E-state index contributed by atoms with van der Waals surface area (Å²) in [5, 5.41) is 2.96. The zero-order chi connectivity index (χ0) is 13.3. The molecule has 6 heteroatoms. The van der Waals surface area contributed by atoms with Crippen LogP contribution in [-0.2, 0) is 0 Å². The molecule has 1 aromatic carbocycles. The van der Waals surface area contributed by atoms with Crippen molar-refractivity contribution >= 4 is 32.5 Å². The first-order chi connectivity index (χ1) is 8.56. The molecular formula is C12H8BrF3N2.